The van der Waals surface area contributed by atoms with Crippen LogP contribution < -0.4 is 0 Å². The summed E-state index contributed by atoms with van der Waals surface area (Å²) in [7, 11) is 0. The Kier molecular flexibility index (Phi) is 4.97. The fourth-order valence-corrected chi connectivity index (χ4v) is 0.583. The lowest BCUT2D eigenvalue weighted by Crippen LogP contribution is -2.32. The fraction of sp³-hybridized carbons (Fsp3) is 0.833. The highest BCUT2D eigenvalue weighted by molar-refractivity contribution is 5.56. The maximum atomic E-state index is 9.86. The molecule has 0 saturated carbocycles. The molecule has 0 rings (SSSR count). The molecule has 4 N–H and O–H groups in total. The molecule has 0 spiro atoms. The molecule has 66 valence electrons. The van der Waals surface area contributed by atoms with Crippen molar-refractivity contribution in [2.75, 3.05) is 6.61 Å². The van der Waals surface area contributed by atoms with E-state index in [2.05, 4.69) is 0 Å². The van der Waals surface area contributed by atoms with Crippen molar-refractivity contribution >= 4 is 6.29 Å². The Hall–Kier alpha value is -0.490. The molecule has 3 atom stereocenters. The van der Waals surface area contributed by atoms with Gasteiger partial charge in [0.15, 0.2) is 6.29 Å². The monoisotopic (exact) mass is 164 g/mol. The maximum Gasteiger partial charge on any atom is 0.151 e. The van der Waals surface area contributed by atoms with Crippen molar-refractivity contribution in [1.29, 1.82) is 0 Å². The largest absolute Gasteiger partial charge is 0.394 e. The van der Waals surface area contributed by atoms with Crippen molar-refractivity contribution in [3.63, 3.8) is 0 Å². The molecule has 0 amide bonds. The van der Waals surface area contributed by atoms with E-state index >= 15 is 0 Å². The van der Waals surface area contributed by atoms with Crippen molar-refractivity contribution in [2.24, 2.45) is 0 Å². The van der Waals surface area contributed by atoms with E-state index in [1.807, 2.05) is 0 Å². The van der Waals surface area contributed by atoms with E-state index in [9.17, 15) is 4.79 Å². The summed E-state index contributed by atoms with van der Waals surface area (Å²) in [4.78, 5) is 9.86. The molecule has 11 heavy (non-hydrogen) atoms. The first-order valence-corrected chi connectivity index (χ1v) is 3.22. The summed E-state index contributed by atoms with van der Waals surface area (Å²) in [5.74, 6) is 0. The molecule has 0 aromatic rings. The predicted octanol–water partition coefficient (Wildman–Crippen LogP) is -2.35. The van der Waals surface area contributed by atoms with E-state index in [0.29, 0.717) is 0 Å². The van der Waals surface area contributed by atoms with Crippen LogP contribution in [-0.4, -0.2) is 51.6 Å². The molecule has 0 aromatic heterocycles. The van der Waals surface area contributed by atoms with Gasteiger partial charge in [-0.25, -0.2) is 0 Å². The van der Waals surface area contributed by atoms with Gasteiger partial charge in [-0.1, -0.05) is 0 Å². The molecule has 0 aromatic carbocycles. The quantitative estimate of drug-likeness (QED) is 0.341. The molecule has 0 radical (unpaired) electrons. The topological polar surface area (TPSA) is 98.0 Å². The summed E-state index contributed by atoms with van der Waals surface area (Å²) in [6.45, 7) is -0.497. The minimum atomic E-state index is -1.49. The Bertz CT molecular complexity index is 116. The van der Waals surface area contributed by atoms with Crippen LogP contribution in [0.1, 0.15) is 6.42 Å². The number of carbonyl (C=O) groups excluding carboxylic acids is 1. The average Bonchev–Trinajstić information content (AvgIpc) is 2.02. The second-order valence-corrected chi connectivity index (χ2v) is 2.27. The van der Waals surface area contributed by atoms with E-state index in [0.717, 1.165) is 0 Å². The van der Waals surface area contributed by atoms with Crippen molar-refractivity contribution < 1.29 is 25.2 Å². The minimum absolute atomic E-state index is 0.175. The molecule has 0 aliphatic rings. The third-order valence-electron chi connectivity index (χ3n) is 1.26. The van der Waals surface area contributed by atoms with Gasteiger partial charge in [-0.05, 0) is 0 Å². The van der Waals surface area contributed by atoms with Crippen LogP contribution in [0, 0.1) is 0 Å². The Labute approximate surface area is 63.9 Å². The summed E-state index contributed by atoms with van der Waals surface area (Å²) >= 11 is 0. The molecule has 5 heteroatoms. The van der Waals surface area contributed by atoms with Gasteiger partial charge in [0.05, 0.1) is 18.8 Å². The smallest absolute Gasteiger partial charge is 0.151 e. The molecule has 0 fully saturated rings. The zero-order valence-electron chi connectivity index (χ0n) is 5.92. The van der Waals surface area contributed by atoms with E-state index in [1.54, 1.807) is 0 Å². The predicted molar refractivity (Wildman–Crippen MR) is 35.8 cm³/mol. The Balaban J connectivity index is 3.66. The summed E-state index contributed by atoms with van der Waals surface area (Å²) in [6.07, 6.45) is -3.93. The number of rotatable bonds is 5. The van der Waals surface area contributed by atoms with E-state index < -0.39 is 24.9 Å². The van der Waals surface area contributed by atoms with Gasteiger partial charge in [-0.15, -0.1) is 0 Å². The van der Waals surface area contributed by atoms with E-state index in [1.165, 1.54) is 0 Å². The van der Waals surface area contributed by atoms with Crippen molar-refractivity contribution in [1.82, 2.24) is 0 Å². The van der Waals surface area contributed by atoms with E-state index in [4.69, 9.17) is 20.4 Å². The maximum absolute atomic E-state index is 9.86. The van der Waals surface area contributed by atoms with Crippen LogP contribution in [0.4, 0.5) is 0 Å². The molecular weight excluding hydrogens is 152 g/mol. The lowest BCUT2D eigenvalue weighted by Gasteiger charge is -2.14. The fourth-order valence-electron chi connectivity index (χ4n) is 0.583. The molecule has 0 bridgehead atoms. The first-order valence-electron chi connectivity index (χ1n) is 3.22. The molecule has 0 unspecified atom stereocenters. The molecule has 0 saturated heterocycles. The standard InChI is InChI=1S/C6H12O5/c7-2-4(9)1-5(10)6(11)3-8/h3-7,9-11H,1-2H2/t4-,5-,6+/m0/s1. The molecule has 0 aliphatic heterocycles. The average molecular weight is 164 g/mol. The number of hydrogen-bond donors (Lipinski definition) is 4. The summed E-state index contributed by atoms with van der Waals surface area (Å²) in [5.41, 5.74) is 0. The number of aliphatic hydroxyl groups is 4. The lowest BCUT2D eigenvalue weighted by atomic mass is 10.1. The Morgan fingerprint density at radius 2 is 1.82 bits per heavy atom. The molecular formula is C6H12O5. The van der Waals surface area contributed by atoms with Gasteiger partial charge in [0.1, 0.15) is 6.10 Å². The molecule has 5 nitrogen and oxygen atoms in total. The van der Waals surface area contributed by atoms with E-state index in [-0.39, 0.29) is 12.7 Å². The number of aliphatic hydroxyl groups excluding tert-OH is 4. The first kappa shape index (κ1) is 10.5. The Morgan fingerprint density at radius 3 is 2.18 bits per heavy atom. The number of hydrogen-bond acceptors (Lipinski definition) is 5. The van der Waals surface area contributed by atoms with Crippen molar-refractivity contribution in [2.45, 2.75) is 24.7 Å². The SMILES string of the molecule is O=C[C@@H](O)[C@@H](O)C[C@H](O)CO. The summed E-state index contributed by atoms with van der Waals surface area (Å²) in [6, 6.07) is 0. The second-order valence-electron chi connectivity index (χ2n) is 2.27. The van der Waals surface area contributed by atoms with Gasteiger partial charge in [-0.3, -0.25) is 0 Å². The first-order chi connectivity index (χ1) is 5.11. The highest BCUT2D eigenvalue weighted by Gasteiger charge is 2.18. The van der Waals surface area contributed by atoms with Crippen molar-refractivity contribution in [3.05, 3.63) is 0 Å². The van der Waals surface area contributed by atoms with Crippen LogP contribution >= 0.6 is 0 Å². The molecule has 0 heterocycles. The van der Waals surface area contributed by atoms with Crippen LogP contribution in [0.3, 0.4) is 0 Å². The number of carbonyl (C=O) groups is 1. The minimum Gasteiger partial charge on any atom is -0.394 e. The zero-order valence-corrected chi connectivity index (χ0v) is 5.92. The normalized spacial score (nSPS) is 18.9. The zero-order chi connectivity index (χ0) is 8.85. The lowest BCUT2D eigenvalue weighted by molar-refractivity contribution is -0.121. The van der Waals surface area contributed by atoms with Crippen LogP contribution in [0.2, 0.25) is 0 Å². The van der Waals surface area contributed by atoms with Crippen LogP contribution in [-0.2, 0) is 4.79 Å². The highest BCUT2D eigenvalue weighted by Crippen LogP contribution is 2.00. The van der Waals surface area contributed by atoms with Crippen LogP contribution in [0.5, 0.6) is 0 Å². The van der Waals surface area contributed by atoms with Gasteiger partial charge < -0.3 is 25.2 Å². The summed E-state index contributed by atoms with van der Waals surface area (Å²) in [5, 5.41) is 34.6. The number of aldehydes is 1. The third kappa shape index (κ3) is 4.05. The van der Waals surface area contributed by atoms with Gasteiger partial charge in [0.25, 0.3) is 0 Å². The van der Waals surface area contributed by atoms with Gasteiger partial charge in [0, 0.05) is 6.42 Å². The van der Waals surface area contributed by atoms with Gasteiger partial charge in [-0.2, -0.15) is 0 Å². The van der Waals surface area contributed by atoms with Crippen molar-refractivity contribution in [3.8, 4) is 0 Å². The van der Waals surface area contributed by atoms with Gasteiger partial charge in [0.2, 0.25) is 0 Å². The van der Waals surface area contributed by atoms with Crippen LogP contribution in [0.15, 0.2) is 0 Å². The molecule has 0 aliphatic carbocycles. The van der Waals surface area contributed by atoms with Gasteiger partial charge >= 0.3 is 0 Å². The Morgan fingerprint density at radius 1 is 1.27 bits per heavy atom. The highest BCUT2D eigenvalue weighted by atomic mass is 16.3. The summed E-state index contributed by atoms with van der Waals surface area (Å²) < 4.78 is 0. The van der Waals surface area contributed by atoms with Crippen LogP contribution in [0.25, 0.3) is 0 Å². The second kappa shape index (κ2) is 5.20. The third-order valence-corrected chi connectivity index (χ3v) is 1.26.